The summed E-state index contributed by atoms with van der Waals surface area (Å²) in [5.41, 5.74) is 2.57. The molecule has 5 heteroatoms. The molecule has 1 amide bonds. The second kappa shape index (κ2) is 5.96. The third kappa shape index (κ3) is 4.07. The zero-order valence-electron chi connectivity index (χ0n) is 10.7. The summed E-state index contributed by atoms with van der Waals surface area (Å²) in [5, 5.41) is 3.99. The van der Waals surface area contributed by atoms with Crippen LogP contribution in [0.3, 0.4) is 0 Å². The molecule has 1 N–H and O–H groups in total. The van der Waals surface area contributed by atoms with E-state index in [9.17, 15) is 4.79 Å². The molecule has 0 saturated carbocycles. The molecule has 3 nitrogen and oxygen atoms in total. The summed E-state index contributed by atoms with van der Waals surface area (Å²) in [6.07, 6.45) is 0.924. The van der Waals surface area contributed by atoms with E-state index >= 15 is 0 Å². The van der Waals surface area contributed by atoms with Crippen molar-refractivity contribution < 1.29 is 4.79 Å². The number of halogens is 1. The maximum absolute atomic E-state index is 12.1. The topological polar surface area (TPSA) is 42.0 Å². The van der Waals surface area contributed by atoms with Gasteiger partial charge in [0.05, 0.1) is 11.2 Å². The summed E-state index contributed by atoms with van der Waals surface area (Å²) in [4.78, 5) is 16.9. The summed E-state index contributed by atoms with van der Waals surface area (Å²) < 4.78 is 0. The Kier molecular flexibility index (Phi) is 5.13. The summed E-state index contributed by atoms with van der Waals surface area (Å²) in [6, 6.07) is 0.163. The molecule has 0 aliphatic carbocycles. The number of aromatic nitrogens is 1. The highest BCUT2D eigenvalue weighted by Gasteiger charge is 2.26. The van der Waals surface area contributed by atoms with Gasteiger partial charge in [0.1, 0.15) is 4.88 Å². The molecule has 1 aromatic rings. The van der Waals surface area contributed by atoms with Crippen LogP contribution in [0.25, 0.3) is 0 Å². The van der Waals surface area contributed by atoms with Crippen molar-refractivity contribution in [3.05, 3.63) is 16.1 Å². The van der Waals surface area contributed by atoms with Gasteiger partial charge in [-0.15, -0.1) is 11.3 Å². The van der Waals surface area contributed by atoms with Gasteiger partial charge in [0.25, 0.3) is 5.91 Å². The van der Waals surface area contributed by atoms with Crippen LogP contribution in [0.1, 0.15) is 42.6 Å². The fraction of sp³-hybridized carbons (Fsp3) is 0.667. The Morgan fingerprint density at radius 1 is 1.59 bits per heavy atom. The summed E-state index contributed by atoms with van der Waals surface area (Å²) in [5.74, 6) is -0.00845. The minimum atomic E-state index is -0.00845. The molecule has 1 rings (SSSR count). The van der Waals surface area contributed by atoms with E-state index < -0.39 is 0 Å². The lowest BCUT2D eigenvalue weighted by atomic mass is 9.85. The van der Waals surface area contributed by atoms with Crippen LogP contribution in [0.4, 0.5) is 0 Å². The molecule has 0 bridgehead atoms. The molecule has 1 atom stereocenters. The van der Waals surface area contributed by atoms with Gasteiger partial charge in [-0.1, -0.05) is 36.7 Å². The minimum Gasteiger partial charge on any atom is -0.348 e. The molecule has 0 saturated heterocycles. The highest BCUT2D eigenvalue weighted by molar-refractivity contribution is 9.09. The zero-order chi connectivity index (χ0) is 13.1. The van der Waals surface area contributed by atoms with E-state index in [2.05, 4.69) is 47.0 Å². The van der Waals surface area contributed by atoms with Crippen LogP contribution in [0.15, 0.2) is 5.51 Å². The highest BCUT2D eigenvalue weighted by atomic mass is 79.9. The van der Waals surface area contributed by atoms with Gasteiger partial charge in [0.2, 0.25) is 0 Å². The van der Waals surface area contributed by atoms with Gasteiger partial charge < -0.3 is 5.32 Å². The van der Waals surface area contributed by atoms with E-state index in [1.807, 2.05) is 6.92 Å². The summed E-state index contributed by atoms with van der Waals surface area (Å²) in [7, 11) is 0. The fourth-order valence-corrected chi connectivity index (χ4v) is 2.74. The van der Waals surface area contributed by atoms with E-state index in [0.717, 1.165) is 17.4 Å². The first-order valence-electron chi connectivity index (χ1n) is 5.63. The molecule has 1 heterocycles. The van der Waals surface area contributed by atoms with Crippen molar-refractivity contribution in [1.29, 1.82) is 0 Å². The van der Waals surface area contributed by atoms with Crippen molar-refractivity contribution in [2.45, 2.75) is 40.2 Å². The molecule has 0 fully saturated rings. The smallest absolute Gasteiger partial charge is 0.263 e. The molecule has 0 aliphatic heterocycles. The Morgan fingerprint density at radius 3 is 2.65 bits per heavy atom. The van der Waals surface area contributed by atoms with Gasteiger partial charge in [-0.2, -0.15) is 0 Å². The molecule has 0 spiro atoms. The molecule has 0 radical (unpaired) electrons. The number of aryl methyl sites for hydroxylation is 1. The van der Waals surface area contributed by atoms with E-state index in [-0.39, 0.29) is 17.4 Å². The number of nitrogens with one attached hydrogen (secondary N) is 1. The number of nitrogens with zero attached hydrogens (tertiary/aromatic N) is 1. The Hall–Kier alpha value is -0.420. The van der Waals surface area contributed by atoms with E-state index in [0.29, 0.717) is 4.88 Å². The Bertz CT molecular complexity index is 384. The molecule has 1 unspecified atom stereocenters. The third-order valence-corrected chi connectivity index (χ3v) is 4.09. The molecule has 96 valence electrons. The average molecular weight is 319 g/mol. The normalized spacial score (nSPS) is 13.5. The number of alkyl halides is 1. The van der Waals surface area contributed by atoms with Gasteiger partial charge in [0, 0.05) is 11.4 Å². The number of hydrogen-bond acceptors (Lipinski definition) is 3. The first-order chi connectivity index (χ1) is 7.86. The molecular formula is C12H19BrN2OS. The fourth-order valence-electron chi connectivity index (χ4n) is 1.57. The lowest BCUT2D eigenvalue weighted by Crippen LogP contribution is -2.43. The van der Waals surface area contributed by atoms with E-state index in [1.165, 1.54) is 11.3 Å². The summed E-state index contributed by atoms with van der Waals surface area (Å²) >= 11 is 4.83. The molecule has 1 aromatic heterocycles. The second-order valence-corrected chi connectivity index (χ2v) is 6.78. The van der Waals surface area contributed by atoms with Crippen molar-refractivity contribution in [2.24, 2.45) is 5.41 Å². The Balaban J connectivity index is 2.75. The van der Waals surface area contributed by atoms with Crippen molar-refractivity contribution in [2.75, 3.05) is 5.33 Å². The van der Waals surface area contributed by atoms with Crippen LogP contribution in [0, 0.1) is 12.3 Å². The molecule has 17 heavy (non-hydrogen) atoms. The van der Waals surface area contributed by atoms with E-state index in [4.69, 9.17) is 0 Å². The highest BCUT2D eigenvalue weighted by Crippen LogP contribution is 2.23. The first kappa shape index (κ1) is 14.6. The van der Waals surface area contributed by atoms with Crippen molar-refractivity contribution >= 4 is 33.2 Å². The SMILES string of the molecule is Cc1ncsc1C(=O)NC(CCBr)C(C)(C)C. The first-order valence-corrected chi connectivity index (χ1v) is 7.63. The van der Waals surface area contributed by atoms with Gasteiger partial charge in [-0.05, 0) is 18.8 Å². The second-order valence-electron chi connectivity index (χ2n) is 5.14. The van der Waals surface area contributed by atoms with Crippen LogP contribution >= 0.6 is 27.3 Å². The van der Waals surface area contributed by atoms with E-state index in [1.54, 1.807) is 5.51 Å². The number of hydrogen-bond donors (Lipinski definition) is 1. The quantitative estimate of drug-likeness (QED) is 0.865. The lowest BCUT2D eigenvalue weighted by Gasteiger charge is -2.31. The zero-order valence-corrected chi connectivity index (χ0v) is 13.1. The third-order valence-electron chi connectivity index (χ3n) is 2.70. The number of rotatable bonds is 4. The standard InChI is InChI=1S/C12H19BrN2OS/c1-8-10(17-7-14-8)11(16)15-9(5-6-13)12(2,3)4/h7,9H,5-6H2,1-4H3,(H,15,16). The number of carbonyl (C=O) groups is 1. The van der Waals surface area contributed by atoms with Crippen LogP contribution in [-0.4, -0.2) is 22.3 Å². The number of carbonyl (C=O) groups excluding carboxylic acids is 1. The van der Waals surface area contributed by atoms with Crippen molar-refractivity contribution in [3.8, 4) is 0 Å². The Morgan fingerprint density at radius 2 is 2.24 bits per heavy atom. The van der Waals surface area contributed by atoms with Crippen molar-refractivity contribution in [3.63, 3.8) is 0 Å². The summed E-state index contributed by atoms with van der Waals surface area (Å²) in [6.45, 7) is 8.28. The predicted octanol–water partition coefficient (Wildman–Crippen LogP) is 3.38. The average Bonchev–Trinajstić information content (AvgIpc) is 2.62. The molecule has 0 aromatic carbocycles. The van der Waals surface area contributed by atoms with Gasteiger partial charge in [-0.3, -0.25) is 4.79 Å². The monoisotopic (exact) mass is 318 g/mol. The van der Waals surface area contributed by atoms with Crippen molar-refractivity contribution in [1.82, 2.24) is 10.3 Å². The van der Waals surface area contributed by atoms with Gasteiger partial charge in [-0.25, -0.2) is 4.98 Å². The number of amides is 1. The Labute approximate surface area is 115 Å². The largest absolute Gasteiger partial charge is 0.348 e. The lowest BCUT2D eigenvalue weighted by molar-refractivity contribution is 0.0904. The molecule has 0 aliphatic rings. The van der Waals surface area contributed by atoms with Crippen LogP contribution in [0.2, 0.25) is 0 Å². The maximum Gasteiger partial charge on any atom is 0.263 e. The van der Waals surface area contributed by atoms with Gasteiger partial charge >= 0.3 is 0 Å². The maximum atomic E-state index is 12.1. The predicted molar refractivity (Wildman–Crippen MR) is 76.0 cm³/mol. The minimum absolute atomic E-state index is 0.00845. The van der Waals surface area contributed by atoms with Crippen LogP contribution in [-0.2, 0) is 0 Å². The van der Waals surface area contributed by atoms with Crippen LogP contribution in [0.5, 0.6) is 0 Å². The number of thiazole rings is 1. The van der Waals surface area contributed by atoms with Gasteiger partial charge in [0.15, 0.2) is 0 Å². The van der Waals surface area contributed by atoms with Crippen LogP contribution < -0.4 is 5.32 Å². The molecular weight excluding hydrogens is 300 g/mol.